The fourth-order valence-corrected chi connectivity index (χ4v) is 2.11. The Hall–Kier alpha value is -0.730. The van der Waals surface area contributed by atoms with Crippen molar-refractivity contribution in [2.45, 2.75) is 31.7 Å². The van der Waals surface area contributed by atoms with Crippen molar-refractivity contribution in [2.75, 3.05) is 13.7 Å². The summed E-state index contributed by atoms with van der Waals surface area (Å²) in [6.45, 7) is 0.897. The molecule has 0 radical (unpaired) electrons. The van der Waals surface area contributed by atoms with E-state index in [0.717, 1.165) is 18.9 Å². The highest BCUT2D eigenvalue weighted by Crippen LogP contribution is 2.40. The highest BCUT2D eigenvalue weighted by molar-refractivity contribution is 5.68. The third kappa shape index (κ3) is 1.28. The fourth-order valence-electron chi connectivity index (χ4n) is 2.11. The quantitative estimate of drug-likeness (QED) is 0.597. The SMILES string of the molecule is COC(=O)N1CCCC1C1CC1. The lowest BCUT2D eigenvalue weighted by Gasteiger charge is -2.22. The first-order valence-corrected chi connectivity index (χ1v) is 4.67. The monoisotopic (exact) mass is 169 g/mol. The Labute approximate surface area is 72.7 Å². The van der Waals surface area contributed by atoms with Gasteiger partial charge in [-0.1, -0.05) is 0 Å². The molecule has 0 aromatic carbocycles. The molecule has 0 N–H and O–H groups in total. The second-order valence-electron chi connectivity index (χ2n) is 3.71. The third-order valence-electron chi connectivity index (χ3n) is 2.87. The smallest absolute Gasteiger partial charge is 0.409 e. The van der Waals surface area contributed by atoms with Crippen LogP contribution >= 0.6 is 0 Å². The van der Waals surface area contributed by atoms with E-state index in [1.54, 1.807) is 0 Å². The van der Waals surface area contributed by atoms with Gasteiger partial charge in [0.05, 0.1) is 7.11 Å². The van der Waals surface area contributed by atoms with Crippen LogP contribution in [0.15, 0.2) is 0 Å². The Bertz CT molecular complexity index is 189. The van der Waals surface area contributed by atoms with Crippen LogP contribution in [0.4, 0.5) is 4.79 Å². The highest BCUT2D eigenvalue weighted by atomic mass is 16.5. The minimum atomic E-state index is -0.135. The van der Waals surface area contributed by atoms with Crippen molar-refractivity contribution in [3.8, 4) is 0 Å². The summed E-state index contributed by atoms with van der Waals surface area (Å²) >= 11 is 0. The van der Waals surface area contributed by atoms with E-state index in [-0.39, 0.29) is 6.09 Å². The van der Waals surface area contributed by atoms with Gasteiger partial charge in [0.1, 0.15) is 0 Å². The normalized spacial score (nSPS) is 29.1. The van der Waals surface area contributed by atoms with Gasteiger partial charge in [-0.25, -0.2) is 4.79 Å². The molecule has 0 spiro atoms. The van der Waals surface area contributed by atoms with Crippen LogP contribution in [0.1, 0.15) is 25.7 Å². The first-order valence-electron chi connectivity index (χ1n) is 4.67. The van der Waals surface area contributed by atoms with Gasteiger partial charge in [0.25, 0.3) is 0 Å². The molecule has 1 unspecified atom stereocenters. The number of nitrogens with zero attached hydrogens (tertiary/aromatic N) is 1. The van der Waals surface area contributed by atoms with E-state index in [0.29, 0.717) is 6.04 Å². The van der Waals surface area contributed by atoms with Crippen molar-refractivity contribution in [1.82, 2.24) is 4.90 Å². The summed E-state index contributed by atoms with van der Waals surface area (Å²) in [7, 11) is 1.46. The Morgan fingerprint density at radius 2 is 2.17 bits per heavy atom. The summed E-state index contributed by atoms with van der Waals surface area (Å²) in [5.74, 6) is 0.784. The average molecular weight is 169 g/mol. The molecule has 3 heteroatoms. The molecule has 1 aliphatic heterocycles. The average Bonchev–Trinajstić information content (AvgIpc) is 2.83. The molecule has 1 aliphatic carbocycles. The first-order chi connectivity index (χ1) is 5.83. The van der Waals surface area contributed by atoms with Crippen molar-refractivity contribution in [1.29, 1.82) is 0 Å². The van der Waals surface area contributed by atoms with E-state index >= 15 is 0 Å². The number of rotatable bonds is 1. The molecule has 1 heterocycles. The number of likely N-dealkylation sites (tertiary alicyclic amines) is 1. The van der Waals surface area contributed by atoms with Gasteiger partial charge in [-0.3, -0.25) is 0 Å². The zero-order valence-electron chi connectivity index (χ0n) is 7.45. The fraction of sp³-hybridized carbons (Fsp3) is 0.889. The number of ether oxygens (including phenoxy) is 1. The van der Waals surface area contributed by atoms with Crippen LogP contribution in [0.25, 0.3) is 0 Å². The summed E-state index contributed by atoms with van der Waals surface area (Å²) in [6, 6.07) is 0.498. The van der Waals surface area contributed by atoms with Crippen LogP contribution in [0.2, 0.25) is 0 Å². The molecule has 2 rings (SSSR count). The molecule has 68 valence electrons. The predicted molar refractivity (Wildman–Crippen MR) is 44.9 cm³/mol. The predicted octanol–water partition coefficient (Wildman–Crippen LogP) is 1.63. The summed E-state index contributed by atoms with van der Waals surface area (Å²) < 4.78 is 4.73. The van der Waals surface area contributed by atoms with Crippen molar-refractivity contribution in [2.24, 2.45) is 5.92 Å². The highest BCUT2D eigenvalue weighted by Gasteiger charge is 2.40. The van der Waals surface area contributed by atoms with Gasteiger partial charge in [0, 0.05) is 12.6 Å². The summed E-state index contributed by atoms with van der Waals surface area (Å²) in [5, 5.41) is 0. The standard InChI is InChI=1S/C9H15NO2/c1-12-9(11)10-6-2-3-8(10)7-4-5-7/h7-8H,2-6H2,1H3. The van der Waals surface area contributed by atoms with Crippen molar-refractivity contribution < 1.29 is 9.53 Å². The Morgan fingerprint density at radius 3 is 2.75 bits per heavy atom. The van der Waals surface area contributed by atoms with E-state index in [9.17, 15) is 4.79 Å². The summed E-state index contributed by atoms with van der Waals surface area (Å²) in [5.41, 5.74) is 0. The molecule has 12 heavy (non-hydrogen) atoms. The van der Waals surface area contributed by atoms with Gasteiger partial charge in [-0.2, -0.15) is 0 Å². The molecule has 0 bridgehead atoms. The lowest BCUT2D eigenvalue weighted by Crippen LogP contribution is -2.36. The van der Waals surface area contributed by atoms with E-state index < -0.39 is 0 Å². The van der Waals surface area contributed by atoms with Crippen LogP contribution in [0, 0.1) is 5.92 Å². The molecule has 3 nitrogen and oxygen atoms in total. The molecule has 1 saturated carbocycles. The van der Waals surface area contributed by atoms with Crippen LogP contribution in [-0.2, 0) is 4.74 Å². The van der Waals surface area contributed by atoms with E-state index in [1.165, 1.54) is 26.4 Å². The van der Waals surface area contributed by atoms with Crippen molar-refractivity contribution in [3.05, 3.63) is 0 Å². The first kappa shape index (κ1) is 7.90. The maximum Gasteiger partial charge on any atom is 0.409 e. The van der Waals surface area contributed by atoms with Crippen LogP contribution < -0.4 is 0 Å². The van der Waals surface area contributed by atoms with Gasteiger partial charge >= 0.3 is 6.09 Å². The molecule has 1 atom stereocenters. The minimum absolute atomic E-state index is 0.135. The lowest BCUT2D eigenvalue weighted by molar-refractivity contribution is 0.115. The van der Waals surface area contributed by atoms with E-state index in [4.69, 9.17) is 4.74 Å². The lowest BCUT2D eigenvalue weighted by atomic mass is 10.1. The zero-order valence-corrected chi connectivity index (χ0v) is 7.45. The molecule has 2 fully saturated rings. The number of carbonyl (C=O) groups excluding carboxylic acids is 1. The van der Waals surface area contributed by atoms with Crippen molar-refractivity contribution in [3.63, 3.8) is 0 Å². The maximum atomic E-state index is 11.3. The molecular formula is C9H15NO2. The number of amides is 1. The van der Waals surface area contributed by atoms with Gasteiger partial charge in [0.15, 0.2) is 0 Å². The zero-order chi connectivity index (χ0) is 8.55. The summed E-state index contributed by atoms with van der Waals surface area (Å²) in [6.07, 6.45) is 4.80. The Morgan fingerprint density at radius 1 is 1.42 bits per heavy atom. The largest absolute Gasteiger partial charge is 0.453 e. The Balaban J connectivity index is 1.98. The maximum absolute atomic E-state index is 11.3. The van der Waals surface area contributed by atoms with Crippen LogP contribution in [0.3, 0.4) is 0 Å². The number of hydrogen-bond donors (Lipinski definition) is 0. The number of hydrogen-bond acceptors (Lipinski definition) is 2. The molecule has 0 aromatic heterocycles. The Kier molecular flexibility index (Phi) is 1.95. The van der Waals surface area contributed by atoms with Crippen LogP contribution in [-0.4, -0.2) is 30.7 Å². The molecule has 1 amide bonds. The van der Waals surface area contributed by atoms with Gasteiger partial charge < -0.3 is 9.64 Å². The minimum Gasteiger partial charge on any atom is -0.453 e. The van der Waals surface area contributed by atoms with Gasteiger partial charge in [-0.05, 0) is 31.6 Å². The number of carbonyl (C=O) groups is 1. The second-order valence-corrected chi connectivity index (χ2v) is 3.71. The molecule has 1 saturated heterocycles. The summed E-state index contributed by atoms with van der Waals surface area (Å²) in [4.78, 5) is 13.2. The molecule has 0 aromatic rings. The van der Waals surface area contributed by atoms with Crippen molar-refractivity contribution >= 4 is 6.09 Å². The van der Waals surface area contributed by atoms with E-state index in [1.807, 2.05) is 4.90 Å². The van der Waals surface area contributed by atoms with E-state index in [2.05, 4.69) is 0 Å². The molecule has 2 aliphatic rings. The topological polar surface area (TPSA) is 29.5 Å². The third-order valence-corrected chi connectivity index (χ3v) is 2.87. The van der Waals surface area contributed by atoms with Gasteiger partial charge in [-0.15, -0.1) is 0 Å². The number of methoxy groups -OCH3 is 1. The van der Waals surface area contributed by atoms with Gasteiger partial charge in [0.2, 0.25) is 0 Å². The second kappa shape index (κ2) is 2.96. The molecular weight excluding hydrogens is 154 g/mol. The van der Waals surface area contributed by atoms with Crippen LogP contribution in [0.5, 0.6) is 0 Å².